The summed E-state index contributed by atoms with van der Waals surface area (Å²) in [6.07, 6.45) is 0. The Morgan fingerprint density at radius 2 is 1.75 bits per heavy atom. The fourth-order valence-corrected chi connectivity index (χ4v) is 1.78. The monoisotopic (exact) mass is 268 g/mol. The first kappa shape index (κ1) is 13.8. The second-order valence-electron chi connectivity index (χ2n) is 4.47. The fourth-order valence-electron chi connectivity index (χ4n) is 1.78. The zero-order chi connectivity index (χ0) is 14.4. The summed E-state index contributed by atoms with van der Waals surface area (Å²) in [6, 6.07) is 16.4. The molecule has 4 heteroatoms. The summed E-state index contributed by atoms with van der Waals surface area (Å²) in [5.74, 6) is -0.505. The van der Waals surface area contributed by atoms with Gasteiger partial charge in [-0.25, -0.2) is 0 Å². The van der Waals surface area contributed by atoms with Gasteiger partial charge in [0.05, 0.1) is 6.54 Å². The van der Waals surface area contributed by atoms with Crippen LogP contribution in [0.15, 0.2) is 54.6 Å². The van der Waals surface area contributed by atoms with Gasteiger partial charge in [0.2, 0.25) is 5.91 Å². The van der Waals surface area contributed by atoms with Crippen LogP contribution in [-0.4, -0.2) is 18.4 Å². The third kappa shape index (κ3) is 3.95. The molecule has 2 amide bonds. The molecular formula is C16H16N2O2. The van der Waals surface area contributed by atoms with E-state index in [0.29, 0.717) is 11.3 Å². The highest BCUT2D eigenvalue weighted by Gasteiger charge is 2.08. The van der Waals surface area contributed by atoms with Crippen LogP contribution in [0.5, 0.6) is 0 Å². The molecule has 0 aliphatic rings. The molecule has 0 radical (unpaired) electrons. The highest BCUT2D eigenvalue weighted by atomic mass is 16.2. The lowest BCUT2D eigenvalue weighted by molar-refractivity contribution is -0.115. The predicted octanol–water partition coefficient (Wildman–Crippen LogP) is 2.36. The molecule has 0 saturated heterocycles. The van der Waals surface area contributed by atoms with Crippen molar-refractivity contribution in [2.45, 2.75) is 6.92 Å². The lowest BCUT2D eigenvalue weighted by atomic mass is 10.1. The molecule has 0 bridgehead atoms. The van der Waals surface area contributed by atoms with Gasteiger partial charge in [0.15, 0.2) is 0 Å². The maximum Gasteiger partial charge on any atom is 0.251 e. The third-order valence-electron chi connectivity index (χ3n) is 2.75. The molecule has 20 heavy (non-hydrogen) atoms. The number of hydrogen-bond donors (Lipinski definition) is 2. The Labute approximate surface area is 117 Å². The average Bonchev–Trinajstić information content (AvgIpc) is 2.46. The van der Waals surface area contributed by atoms with Crippen LogP contribution in [0.3, 0.4) is 0 Å². The van der Waals surface area contributed by atoms with Crippen molar-refractivity contribution in [3.8, 4) is 0 Å². The van der Waals surface area contributed by atoms with Gasteiger partial charge in [-0.1, -0.05) is 35.9 Å². The zero-order valence-electron chi connectivity index (χ0n) is 11.2. The first-order valence-corrected chi connectivity index (χ1v) is 6.35. The van der Waals surface area contributed by atoms with Crippen LogP contribution in [0.25, 0.3) is 0 Å². The summed E-state index contributed by atoms with van der Waals surface area (Å²) in [5.41, 5.74) is 2.27. The van der Waals surface area contributed by atoms with Gasteiger partial charge in [-0.15, -0.1) is 0 Å². The van der Waals surface area contributed by atoms with Crippen molar-refractivity contribution in [2.75, 3.05) is 11.9 Å². The highest BCUT2D eigenvalue weighted by Crippen LogP contribution is 2.05. The molecule has 0 saturated carbocycles. The number of para-hydroxylation sites is 1. The van der Waals surface area contributed by atoms with E-state index in [1.807, 2.05) is 37.3 Å². The van der Waals surface area contributed by atoms with Crippen molar-refractivity contribution in [1.82, 2.24) is 5.32 Å². The van der Waals surface area contributed by atoms with Gasteiger partial charge in [-0.3, -0.25) is 9.59 Å². The van der Waals surface area contributed by atoms with Gasteiger partial charge in [-0.2, -0.15) is 0 Å². The lowest BCUT2D eigenvalue weighted by Gasteiger charge is -2.07. The summed E-state index contributed by atoms with van der Waals surface area (Å²) in [5, 5.41) is 5.30. The van der Waals surface area contributed by atoms with Crippen molar-refractivity contribution in [3.05, 3.63) is 65.7 Å². The topological polar surface area (TPSA) is 58.2 Å². The molecule has 2 rings (SSSR count). The third-order valence-corrected chi connectivity index (χ3v) is 2.75. The molecule has 4 nitrogen and oxygen atoms in total. The second kappa shape index (κ2) is 6.52. The normalized spacial score (nSPS) is 9.85. The van der Waals surface area contributed by atoms with Gasteiger partial charge in [0.1, 0.15) is 0 Å². The number of hydrogen-bond acceptors (Lipinski definition) is 2. The number of rotatable bonds is 4. The molecule has 0 fully saturated rings. The van der Waals surface area contributed by atoms with Crippen LogP contribution < -0.4 is 10.6 Å². The SMILES string of the molecule is Cc1cccc(C(=O)NCC(=O)Nc2ccccc2)c1. The number of carbonyl (C=O) groups excluding carboxylic acids is 2. The van der Waals surface area contributed by atoms with Crippen molar-refractivity contribution in [2.24, 2.45) is 0 Å². The first-order chi connectivity index (χ1) is 9.65. The number of carbonyl (C=O) groups is 2. The van der Waals surface area contributed by atoms with Gasteiger partial charge in [0, 0.05) is 11.3 Å². The minimum Gasteiger partial charge on any atom is -0.343 e. The Kier molecular flexibility index (Phi) is 4.50. The Bertz CT molecular complexity index is 609. The fraction of sp³-hybridized carbons (Fsp3) is 0.125. The summed E-state index contributed by atoms with van der Waals surface area (Å²) in [6.45, 7) is 1.86. The Hall–Kier alpha value is -2.62. The number of nitrogens with one attached hydrogen (secondary N) is 2. The van der Waals surface area contributed by atoms with E-state index in [1.165, 1.54) is 0 Å². The molecule has 0 heterocycles. The second-order valence-corrected chi connectivity index (χ2v) is 4.47. The molecule has 2 aromatic rings. The van der Waals surface area contributed by atoms with Crippen LogP contribution >= 0.6 is 0 Å². The average molecular weight is 268 g/mol. The molecule has 0 atom stereocenters. The van der Waals surface area contributed by atoms with Crippen LogP contribution in [0, 0.1) is 6.92 Å². The minimum absolute atomic E-state index is 0.0539. The summed E-state index contributed by atoms with van der Waals surface area (Å²) in [4.78, 5) is 23.6. The Morgan fingerprint density at radius 3 is 2.45 bits per heavy atom. The van der Waals surface area contributed by atoms with Crippen molar-refractivity contribution >= 4 is 17.5 Å². The van der Waals surface area contributed by atoms with E-state index in [-0.39, 0.29) is 18.4 Å². The minimum atomic E-state index is -0.253. The Morgan fingerprint density at radius 1 is 1.00 bits per heavy atom. The summed E-state index contributed by atoms with van der Waals surface area (Å²) < 4.78 is 0. The van der Waals surface area contributed by atoms with E-state index >= 15 is 0 Å². The molecule has 2 aromatic carbocycles. The standard InChI is InChI=1S/C16H16N2O2/c1-12-6-5-7-13(10-12)16(20)17-11-15(19)18-14-8-3-2-4-9-14/h2-10H,11H2,1H3,(H,17,20)(H,18,19). The molecular weight excluding hydrogens is 252 g/mol. The van der Waals surface area contributed by atoms with Crippen molar-refractivity contribution in [1.29, 1.82) is 0 Å². The van der Waals surface area contributed by atoms with E-state index < -0.39 is 0 Å². The van der Waals surface area contributed by atoms with E-state index in [1.54, 1.807) is 24.3 Å². The molecule has 0 unspecified atom stereocenters. The largest absolute Gasteiger partial charge is 0.343 e. The lowest BCUT2D eigenvalue weighted by Crippen LogP contribution is -2.32. The van der Waals surface area contributed by atoms with Gasteiger partial charge in [-0.05, 0) is 31.2 Å². The first-order valence-electron chi connectivity index (χ1n) is 6.35. The van der Waals surface area contributed by atoms with Gasteiger partial charge >= 0.3 is 0 Å². The molecule has 0 aliphatic heterocycles. The summed E-state index contributed by atoms with van der Waals surface area (Å²) >= 11 is 0. The van der Waals surface area contributed by atoms with Gasteiger partial charge in [0.25, 0.3) is 5.91 Å². The maximum atomic E-state index is 11.9. The molecule has 102 valence electrons. The van der Waals surface area contributed by atoms with E-state index in [0.717, 1.165) is 5.56 Å². The number of amides is 2. The number of anilines is 1. The van der Waals surface area contributed by atoms with Crippen LogP contribution in [0.2, 0.25) is 0 Å². The van der Waals surface area contributed by atoms with Crippen LogP contribution in [0.4, 0.5) is 5.69 Å². The quantitative estimate of drug-likeness (QED) is 0.894. The van der Waals surface area contributed by atoms with Crippen molar-refractivity contribution in [3.63, 3.8) is 0 Å². The highest BCUT2D eigenvalue weighted by molar-refractivity contribution is 5.99. The van der Waals surface area contributed by atoms with E-state index in [4.69, 9.17) is 0 Å². The molecule has 2 N–H and O–H groups in total. The number of aryl methyl sites for hydroxylation is 1. The van der Waals surface area contributed by atoms with E-state index in [9.17, 15) is 9.59 Å². The Balaban J connectivity index is 1.86. The van der Waals surface area contributed by atoms with Crippen LogP contribution in [-0.2, 0) is 4.79 Å². The molecule has 0 aromatic heterocycles. The van der Waals surface area contributed by atoms with Crippen LogP contribution in [0.1, 0.15) is 15.9 Å². The molecule has 0 aliphatic carbocycles. The molecule has 0 spiro atoms. The zero-order valence-corrected chi connectivity index (χ0v) is 11.2. The van der Waals surface area contributed by atoms with Gasteiger partial charge < -0.3 is 10.6 Å². The van der Waals surface area contributed by atoms with E-state index in [2.05, 4.69) is 10.6 Å². The smallest absolute Gasteiger partial charge is 0.251 e. The maximum absolute atomic E-state index is 11.9. The summed E-state index contributed by atoms with van der Waals surface area (Å²) in [7, 11) is 0. The predicted molar refractivity (Wildman–Crippen MR) is 78.6 cm³/mol. The van der Waals surface area contributed by atoms with Crippen molar-refractivity contribution < 1.29 is 9.59 Å². The number of benzene rings is 2.